The van der Waals surface area contributed by atoms with Gasteiger partial charge in [0.1, 0.15) is 5.75 Å². The van der Waals surface area contributed by atoms with E-state index in [1.54, 1.807) is 12.1 Å². The first kappa shape index (κ1) is 30.1. The molecule has 0 unspecified atom stereocenters. The van der Waals surface area contributed by atoms with Crippen LogP contribution < -0.4 is 4.74 Å². The van der Waals surface area contributed by atoms with Gasteiger partial charge in [-0.25, -0.2) is 4.74 Å². The van der Waals surface area contributed by atoms with Crippen molar-refractivity contribution in [3.05, 3.63) is 126 Å². The van der Waals surface area contributed by atoms with Crippen molar-refractivity contribution in [2.24, 2.45) is 0 Å². The maximum atomic E-state index is 15.0. The SMILES string of the molecule is CCCc1ccc2cc(-c3ccc(C(F)(F)Oc4ccc(-c5ccc(C(F)(F)OC(F)(F)F)cc5)cc4)cc3)ccc2c1. The number of hydrogen-bond donors (Lipinski definition) is 0. The molecule has 0 saturated carbocycles. The first-order valence-electron chi connectivity index (χ1n) is 13.4. The zero-order chi connectivity index (χ0) is 30.8. The van der Waals surface area contributed by atoms with Crippen LogP contribution in [0, 0.1) is 0 Å². The second kappa shape index (κ2) is 11.7. The summed E-state index contributed by atoms with van der Waals surface area (Å²) in [4.78, 5) is 0. The van der Waals surface area contributed by atoms with Crippen LogP contribution in [0.1, 0.15) is 30.0 Å². The Labute approximate surface area is 243 Å². The fourth-order valence-electron chi connectivity index (χ4n) is 4.76. The summed E-state index contributed by atoms with van der Waals surface area (Å²) < 4.78 is 102. The van der Waals surface area contributed by atoms with Crippen LogP contribution in [0.15, 0.2) is 109 Å². The van der Waals surface area contributed by atoms with E-state index in [9.17, 15) is 30.7 Å². The first-order chi connectivity index (χ1) is 20.3. The molecule has 0 aliphatic carbocycles. The van der Waals surface area contributed by atoms with Crippen molar-refractivity contribution in [2.75, 3.05) is 0 Å². The van der Waals surface area contributed by atoms with E-state index in [0.29, 0.717) is 11.1 Å². The summed E-state index contributed by atoms with van der Waals surface area (Å²) in [6, 6.07) is 27.5. The molecule has 5 rings (SSSR count). The van der Waals surface area contributed by atoms with Crippen LogP contribution in [0.3, 0.4) is 0 Å². The van der Waals surface area contributed by atoms with Crippen LogP contribution in [0.25, 0.3) is 33.0 Å². The highest BCUT2D eigenvalue weighted by molar-refractivity contribution is 5.88. The standard InChI is InChI=1S/C34H25F7O2/c1-2-3-22-4-5-28-21-27(7-6-26(28)20-22)25-10-14-29(15-11-25)32(35,36)42-31-18-12-24(13-19-31)23-8-16-30(17-9-23)33(37,38)43-34(39,40)41/h4-21H,2-3H2,1H3. The lowest BCUT2D eigenvalue weighted by atomic mass is 9.98. The topological polar surface area (TPSA) is 18.5 Å². The van der Waals surface area contributed by atoms with Crippen LogP contribution >= 0.6 is 0 Å². The third kappa shape index (κ3) is 7.17. The molecule has 0 atom stereocenters. The molecule has 0 fully saturated rings. The van der Waals surface area contributed by atoms with Crippen LogP contribution in [-0.4, -0.2) is 6.36 Å². The maximum absolute atomic E-state index is 15.0. The minimum atomic E-state index is -5.52. The fourth-order valence-corrected chi connectivity index (χ4v) is 4.76. The molecule has 0 aliphatic rings. The van der Waals surface area contributed by atoms with E-state index in [0.717, 1.165) is 46.9 Å². The monoisotopic (exact) mass is 598 g/mol. The number of alkyl halides is 7. The predicted molar refractivity (Wildman–Crippen MR) is 151 cm³/mol. The molecule has 0 aromatic heterocycles. The smallest absolute Gasteiger partial charge is 0.429 e. The van der Waals surface area contributed by atoms with Crippen molar-refractivity contribution >= 4 is 10.8 Å². The van der Waals surface area contributed by atoms with Gasteiger partial charge >= 0.3 is 18.6 Å². The van der Waals surface area contributed by atoms with E-state index in [-0.39, 0.29) is 11.3 Å². The minimum absolute atomic E-state index is 0.142. The molecule has 0 N–H and O–H groups in total. The Morgan fingerprint density at radius 1 is 0.512 bits per heavy atom. The zero-order valence-electron chi connectivity index (χ0n) is 22.8. The summed E-state index contributed by atoms with van der Waals surface area (Å²) in [7, 11) is 0. The molecule has 9 heteroatoms. The quantitative estimate of drug-likeness (QED) is 0.157. The van der Waals surface area contributed by atoms with Crippen molar-refractivity contribution in [3.8, 4) is 28.0 Å². The summed E-state index contributed by atoms with van der Waals surface area (Å²) in [5.41, 5.74) is 2.43. The highest BCUT2D eigenvalue weighted by atomic mass is 19.4. The van der Waals surface area contributed by atoms with Gasteiger partial charge in [0.25, 0.3) is 0 Å². The lowest BCUT2D eigenvalue weighted by Crippen LogP contribution is -2.27. The Morgan fingerprint density at radius 2 is 0.977 bits per heavy atom. The highest BCUT2D eigenvalue weighted by Crippen LogP contribution is 2.38. The van der Waals surface area contributed by atoms with Crippen molar-refractivity contribution in [2.45, 2.75) is 38.3 Å². The van der Waals surface area contributed by atoms with E-state index in [4.69, 9.17) is 4.74 Å². The average Bonchev–Trinajstić information content (AvgIpc) is 2.96. The number of fused-ring (bicyclic) bond motifs is 1. The van der Waals surface area contributed by atoms with Crippen LogP contribution in [0.4, 0.5) is 30.7 Å². The molecule has 43 heavy (non-hydrogen) atoms. The summed E-state index contributed by atoms with van der Waals surface area (Å²) >= 11 is 0. The lowest BCUT2D eigenvalue weighted by Gasteiger charge is -2.19. The Kier molecular flexibility index (Phi) is 8.21. The van der Waals surface area contributed by atoms with Gasteiger partial charge in [-0.3, -0.25) is 0 Å². The summed E-state index contributed by atoms with van der Waals surface area (Å²) in [6.45, 7) is 2.13. The summed E-state index contributed by atoms with van der Waals surface area (Å²) in [5, 5.41) is 2.18. The third-order valence-corrected chi connectivity index (χ3v) is 6.90. The van der Waals surface area contributed by atoms with Crippen molar-refractivity contribution in [1.29, 1.82) is 0 Å². The molecular weight excluding hydrogens is 573 g/mol. The maximum Gasteiger partial charge on any atom is 0.527 e. The van der Waals surface area contributed by atoms with Crippen LogP contribution in [0.2, 0.25) is 0 Å². The Balaban J connectivity index is 1.26. The molecule has 0 aliphatic heterocycles. The molecule has 0 amide bonds. The van der Waals surface area contributed by atoms with E-state index >= 15 is 0 Å². The third-order valence-electron chi connectivity index (χ3n) is 6.90. The van der Waals surface area contributed by atoms with E-state index in [1.807, 2.05) is 18.2 Å². The lowest BCUT2D eigenvalue weighted by molar-refractivity contribution is -0.431. The van der Waals surface area contributed by atoms with Crippen molar-refractivity contribution in [1.82, 2.24) is 0 Å². The number of ether oxygens (including phenoxy) is 2. The molecular formula is C34H25F7O2. The Morgan fingerprint density at radius 3 is 1.53 bits per heavy atom. The Hall–Kier alpha value is -4.37. The zero-order valence-corrected chi connectivity index (χ0v) is 22.8. The van der Waals surface area contributed by atoms with Crippen LogP contribution in [-0.2, 0) is 23.4 Å². The highest BCUT2D eigenvalue weighted by Gasteiger charge is 2.46. The van der Waals surface area contributed by atoms with Gasteiger partial charge in [0.05, 0.1) is 11.1 Å². The van der Waals surface area contributed by atoms with Gasteiger partial charge < -0.3 is 4.74 Å². The van der Waals surface area contributed by atoms with Gasteiger partial charge in [0, 0.05) is 0 Å². The second-order valence-electron chi connectivity index (χ2n) is 10.0. The molecule has 5 aromatic rings. The average molecular weight is 599 g/mol. The predicted octanol–water partition coefficient (Wildman–Crippen LogP) is 10.8. The number of hydrogen-bond acceptors (Lipinski definition) is 2. The number of rotatable bonds is 9. The van der Waals surface area contributed by atoms with Crippen LogP contribution in [0.5, 0.6) is 5.75 Å². The normalized spacial score (nSPS) is 12.5. The number of benzene rings is 5. The largest absolute Gasteiger partial charge is 0.527 e. The van der Waals surface area contributed by atoms with Gasteiger partial charge in [-0.05, 0) is 87.5 Å². The molecule has 0 heterocycles. The summed E-state index contributed by atoms with van der Waals surface area (Å²) in [6.07, 6.45) is -11.7. The molecule has 0 saturated heterocycles. The van der Waals surface area contributed by atoms with Gasteiger partial charge in [0.2, 0.25) is 0 Å². The molecule has 2 nitrogen and oxygen atoms in total. The van der Waals surface area contributed by atoms with Gasteiger partial charge in [-0.15, -0.1) is 13.2 Å². The fraction of sp³-hybridized carbons (Fsp3) is 0.176. The minimum Gasteiger partial charge on any atom is -0.429 e. The number of aryl methyl sites for hydroxylation is 1. The molecule has 5 aromatic carbocycles. The Bertz CT molecular complexity index is 1690. The molecule has 0 bridgehead atoms. The van der Waals surface area contributed by atoms with E-state index in [2.05, 4.69) is 29.9 Å². The van der Waals surface area contributed by atoms with Gasteiger partial charge in [-0.2, -0.15) is 17.6 Å². The van der Waals surface area contributed by atoms with Crippen molar-refractivity contribution < 1.29 is 40.2 Å². The van der Waals surface area contributed by atoms with Gasteiger partial charge in [-0.1, -0.05) is 80.1 Å². The number of halogens is 7. The van der Waals surface area contributed by atoms with E-state index < -0.39 is 24.1 Å². The van der Waals surface area contributed by atoms with Gasteiger partial charge in [0.15, 0.2) is 0 Å². The van der Waals surface area contributed by atoms with E-state index in [1.165, 1.54) is 54.1 Å². The molecule has 222 valence electrons. The first-order valence-corrected chi connectivity index (χ1v) is 13.4. The molecule has 0 radical (unpaired) electrons. The van der Waals surface area contributed by atoms with Crippen molar-refractivity contribution in [3.63, 3.8) is 0 Å². The molecule has 0 spiro atoms. The summed E-state index contributed by atoms with van der Waals surface area (Å²) in [5.74, 6) is -0.142. The second-order valence-corrected chi connectivity index (χ2v) is 10.0.